The Labute approximate surface area is 97.0 Å². The Kier molecular flexibility index (Phi) is 3.69. The van der Waals surface area contributed by atoms with Gasteiger partial charge in [-0.05, 0) is 25.3 Å². The summed E-state index contributed by atoms with van der Waals surface area (Å²) < 4.78 is 44.4. The van der Waals surface area contributed by atoms with Gasteiger partial charge >= 0.3 is 0 Å². The molecule has 0 amide bonds. The molecule has 1 saturated heterocycles. The van der Waals surface area contributed by atoms with Gasteiger partial charge in [0.2, 0.25) is 0 Å². The van der Waals surface area contributed by atoms with Gasteiger partial charge in [0.25, 0.3) is 0 Å². The number of hydrogen-bond donors (Lipinski definition) is 1. The number of ether oxygens (including phenoxy) is 1. The van der Waals surface area contributed by atoms with Crippen molar-refractivity contribution in [3.63, 3.8) is 0 Å². The van der Waals surface area contributed by atoms with Gasteiger partial charge in [0.05, 0.1) is 6.10 Å². The smallest absolute Gasteiger partial charge is 0.161 e. The normalized spacial score (nSPS) is 22.5. The van der Waals surface area contributed by atoms with Crippen molar-refractivity contribution >= 4 is 0 Å². The molecule has 1 N–H and O–H groups in total. The van der Waals surface area contributed by atoms with Gasteiger partial charge in [-0.15, -0.1) is 0 Å². The number of hydrogen-bond acceptors (Lipinski definition) is 2. The molecule has 0 bridgehead atoms. The first kappa shape index (κ1) is 12.4. The van der Waals surface area contributed by atoms with Crippen LogP contribution in [-0.2, 0) is 4.74 Å². The Morgan fingerprint density at radius 1 is 1.12 bits per heavy atom. The van der Waals surface area contributed by atoms with Gasteiger partial charge in [-0.3, -0.25) is 0 Å². The molecule has 5 heteroatoms. The lowest BCUT2D eigenvalue weighted by Gasteiger charge is -2.27. The third-order valence-electron chi connectivity index (χ3n) is 2.93. The number of rotatable bonds is 2. The third-order valence-corrected chi connectivity index (χ3v) is 2.93. The summed E-state index contributed by atoms with van der Waals surface area (Å²) in [7, 11) is 0. The zero-order valence-electron chi connectivity index (χ0n) is 9.13. The van der Waals surface area contributed by atoms with Crippen molar-refractivity contribution in [2.24, 2.45) is 0 Å². The molecule has 0 spiro atoms. The zero-order valence-corrected chi connectivity index (χ0v) is 9.13. The monoisotopic (exact) mass is 246 g/mol. The van der Waals surface area contributed by atoms with E-state index in [1.54, 1.807) is 0 Å². The first-order chi connectivity index (χ1) is 8.09. The van der Waals surface area contributed by atoms with Crippen LogP contribution >= 0.6 is 0 Å². The van der Waals surface area contributed by atoms with Crippen LogP contribution in [0, 0.1) is 17.5 Å². The maximum absolute atomic E-state index is 13.4. The van der Waals surface area contributed by atoms with Gasteiger partial charge in [0.15, 0.2) is 11.6 Å². The molecule has 2 unspecified atom stereocenters. The standard InChI is InChI=1S/C12H13F3O2/c13-8-6-10(15)9(14)5-7(8)12(16)11-3-1-2-4-17-11/h5-6,11-12,16H,1-4H2. The molecule has 1 heterocycles. The van der Waals surface area contributed by atoms with E-state index in [-0.39, 0.29) is 5.56 Å². The minimum Gasteiger partial charge on any atom is -0.386 e. The van der Waals surface area contributed by atoms with Gasteiger partial charge < -0.3 is 9.84 Å². The van der Waals surface area contributed by atoms with E-state index < -0.39 is 29.7 Å². The number of aliphatic hydroxyl groups is 1. The average Bonchev–Trinajstić information content (AvgIpc) is 2.34. The first-order valence-corrected chi connectivity index (χ1v) is 5.53. The summed E-state index contributed by atoms with van der Waals surface area (Å²) >= 11 is 0. The molecule has 2 nitrogen and oxygen atoms in total. The Morgan fingerprint density at radius 2 is 1.82 bits per heavy atom. The first-order valence-electron chi connectivity index (χ1n) is 5.53. The molecule has 2 rings (SSSR count). The summed E-state index contributed by atoms with van der Waals surface area (Å²) in [5, 5.41) is 9.89. The highest BCUT2D eigenvalue weighted by Gasteiger charge is 2.27. The predicted molar refractivity (Wildman–Crippen MR) is 54.9 cm³/mol. The second kappa shape index (κ2) is 5.06. The number of benzene rings is 1. The minimum atomic E-state index is -1.26. The third kappa shape index (κ3) is 2.61. The molecule has 1 fully saturated rings. The summed E-state index contributed by atoms with van der Waals surface area (Å²) in [4.78, 5) is 0. The van der Waals surface area contributed by atoms with E-state index in [9.17, 15) is 18.3 Å². The second-order valence-electron chi connectivity index (χ2n) is 4.14. The van der Waals surface area contributed by atoms with Crippen molar-refractivity contribution in [3.8, 4) is 0 Å². The zero-order chi connectivity index (χ0) is 12.4. The van der Waals surface area contributed by atoms with E-state index in [4.69, 9.17) is 4.74 Å². The lowest BCUT2D eigenvalue weighted by atomic mass is 9.97. The van der Waals surface area contributed by atoms with Crippen LogP contribution < -0.4 is 0 Å². The summed E-state index contributed by atoms with van der Waals surface area (Å²) in [6.45, 7) is 0.493. The SMILES string of the molecule is OC(c1cc(F)c(F)cc1F)C1CCCCO1. The van der Waals surface area contributed by atoms with E-state index in [1.807, 2.05) is 0 Å². The van der Waals surface area contributed by atoms with Gasteiger partial charge in [-0.25, -0.2) is 13.2 Å². The minimum absolute atomic E-state index is 0.254. The van der Waals surface area contributed by atoms with Crippen LogP contribution in [0.1, 0.15) is 30.9 Å². The van der Waals surface area contributed by atoms with Crippen molar-refractivity contribution in [2.45, 2.75) is 31.5 Å². The van der Waals surface area contributed by atoms with Gasteiger partial charge in [-0.2, -0.15) is 0 Å². The number of aliphatic hydroxyl groups excluding tert-OH is 1. The Bertz CT molecular complexity index is 403. The van der Waals surface area contributed by atoms with E-state index in [0.717, 1.165) is 12.8 Å². The summed E-state index contributed by atoms with van der Waals surface area (Å²) in [6, 6.07) is 1.13. The van der Waals surface area contributed by atoms with E-state index >= 15 is 0 Å². The molecule has 2 atom stereocenters. The van der Waals surface area contributed by atoms with Crippen molar-refractivity contribution in [1.29, 1.82) is 0 Å². The summed E-state index contributed by atoms with van der Waals surface area (Å²) in [6.07, 6.45) is 0.532. The molecule has 0 aliphatic carbocycles. The van der Waals surface area contributed by atoms with Crippen molar-refractivity contribution in [2.75, 3.05) is 6.61 Å². The molecule has 17 heavy (non-hydrogen) atoms. The van der Waals surface area contributed by atoms with Gasteiger partial charge in [-0.1, -0.05) is 0 Å². The van der Waals surface area contributed by atoms with Gasteiger partial charge in [0.1, 0.15) is 11.9 Å². The topological polar surface area (TPSA) is 29.5 Å². The fourth-order valence-corrected chi connectivity index (χ4v) is 1.98. The highest BCUT2D eigenvalue weighted by Crippen LogP contribution is 2.29. The lowest BCUT2D eigenvalue weighted by molar-refractivity contribution is -0.0645. The quantitative estimate of drug-likeness (QED) is 0.813. The van der Waals surface area contributed by atoms with Crippen LogP contribution in [0.25, 0.3) is 0 Å². The fraction of sp³-hybridized carbons (Fsp3) is 0.500. The molecular formula is C12H13F3O2. The predicted octanol–water partition coefficient (Wildman–Crippen LogP) is 2.71. The van der Waals surface area contributed by atoms with Crippen LogP contribution in [-0.4, -0.2) is 17.8 Å². The van der Waals surface area contributed by atoms with Crippen molar-refractivity contribution < 1.29 is 23.0 Å². The molecule has 94 valence electrons. The largest absolute Gasteiger partial charge is 0.386 e. The van der Waals surface area contributed by atoms with Crippen LogP contribution in [0.4, 0.5) is 13.2 Å². The lowest BCUT2D eigenvalue weighted by Crippen LogP contribution is -2.27. The van der Waals surface area contributed by atoms with E-state index in [1.165, 1.54) is 0 Å². The highest BCUT2D eigenvalue weighted by atomic mass is 19.2. The van der Waals surface area contributed by atoms with Crippen LogP contribution in [0.5, 0.6) is 0 Å². The van der Waals surface area contributed by atoms with E-state index in [2.05, 4.69) is 0 Å². The maximum Gasteiger partial charge on any atom is 0.161 e. The Morgan fingerprint density at radius 3 is 2.47 bits per heavy atom. The van der Waals surface area contributed by atoms with Crippen LogP contribution in [0.2, 0.25) is 0 Å². The van der Waals surface area contributed by atoms with Crippen LogP contribution in [0.3, 0.4) is 0 Å². The Balaban J connectivity index is 2.23. The highest BCUT2D eigenvalue weighted by molar-refractivity contribution is 5.23. The summed E-state index contributed by atoms with van der Waals surface area (Å²) in [5.74, 6) is -3.38. The molecule has 1 aromatic carbocycles. The van der Waals surface area contributed by atoms with Crippen molar-refractivity contribution in [3.05, 3.63) is 35.1 Å². The summed E-state index contributed by atoms with van der Waals surface area (Å²) in [5.41, 5.74) is -0.254. The van der Waals surface area contributed by atoms with Gasteiger partial charge in [0, 0.05) is 18.2 Å². The molecule has 1 aliphatic rings. The molecule has 1 aliphatic heterocycles. The average molecular weight is 246 g/mol. The molecule has 0 aromatic heterocycles. The molecule has 0 saturated carbocycles. The maximum atomic E-state index is 13.4. The molecule has 1 aromatic rings. The Hall–Kier alpha value is -1.07. The van der Waals surface area contributed by atoms with Crippen LogP contribution in [0.15, 0.2) is 12.1 Å². The molecular weight excluding hydrogens is 233 g/mol. The molecule has 0 radical (unpaired) electrons. The van der Waals surface area contributed by atoms with E-state index in [0.29, 0.717) is 25.2 Å². The second-order valence-corrected chi connectivity index (χ2v) is 4.14. The number of halogens is 3. The fourth-order valence-electron chi connectivity index (χ4n) is 1.98. The van der Waals surface area contributed by atoms with Crippen molar-refractivity contribution in [1.82, 2.24) is 0 Å².